The molecule has 0 spiro atoms. The van der Waals surface area contributed by atoms with Gasteiger partial charge in [0.1, 0.15) is 5.75 Å². The van der Waals surface area contributed by atoms with Crippen molar-refractivity contribution < 1.29 is 18.3 Å². The molecule has 0 aliphatic heterocycles. The number of alkyl halides is 2. The maximum Gasteiger partial charge on any atom is 0.278 e. The Morgan fingerprint density at radius 1 is 1.43 bits per heavy atom. The minimum Gasteiger partial charge on any atom is -0.495 e. The molecular formula is C9H11F2NO2. The third-order valence-electron chi connectivity index (χ3n) is 1.42. The van der Waals surface area contributed by atoms with E-state index in [2.05, 4.69) is 4.98 Å². The average molecular weight is 203 g/mol. The van der Waals surface area contributed by atoms with Crippen LogP contribution in [0.2, 0.25) is 0 Å². The summed E-state index contributed by atoms with van der Waals surface area (Å²) in [6, 6.07) is 3.07. The van der Waals surface area contributed by atoms with E-state index in [1.807, 2.05) is 0 Å². The Morgan fingerprint density at radius 2 is 2.14 bits per heavy atom. The first-order chi connectivity index (χ1) is 6.51. The van der Waals surface area contributed by atoms with Crippen molar-refractivity contribution in [1.82, 2.24) is 4.98 Å². The zero-order valence-electron chi connectivity index (χ0n) is 7.96. The van der Waals surface area contributed by atoms with Gasteiger partial charge in [0.2, 0.25) is 5.88 Å². The molecule has 0 saturated carbocycles. The van der Waals surface area contributed by atoms with Crippen LogP contribution in [0.1, 0.15) is 6.92 Å². The van der Waals surface area contributed by atoms with Gasteiger partial charge in [-0.2, -0.15) is 0 Å². The van der Waals surface area contributed by atoms with Crippen LogP contribution >= 0.6 is 0 Å². The third kappa shape index (κ3) is 3.55. The number of rotatable bonds is 4. The van der Waals surface area contributed by atoms with E-state index in [0.29, 0.717) is 5.75 Å². The molecule has 0 saturated heterocycles. The van der Waals surface area contributed by atoms with E-state index in [1.165, 1.54) is 19.4 Å². The summed E-state index contributed by atoms with van der Waals surface area (Å²) in [7, 11) is 1.50. The number of aromatic nitrogens is 1. The predicted octanol–water partition coefficient (Wildman–Crippen LogP) is 2.12. The number of pyridine rings is 1. The first-order valence-electron chi connectivity index (χ1n) is 4.02. The fourth-order valence-electron chi connectivity index (χ4n) is 0.774. The van der Waals surface area contributed by atoms with Crippen LogP contribution in [0.3, 0.4) is 0 Å². The second-order valence-electron chi connectivity index (χ2n) is 2.90. The van der Waals surface area contributed by atoms with Crippen LogP contribution in [-0.4, -0.2) is 24.6 Å². The van der Waals surface area contributed by atoms with Crippen molar-refractivity contribution in [2.75, 3.05) is 13.7 Å². The molecule has 0 amide bonds. The number of hydrogen-bond acceptors (Lipinski definition) is 3. The van der Waals surface area contributed by atoms with E-state index in [9.17, 15) is 8.78 Å². The minimum atomic E-state index is -2.85. The number of methoxy groups -OCH3 is 1. The Labute approximate surface area is 80.7 Å². The Morgan fingerprint density at radius 3 is 2.57 bits per heavy atom. The Bertz CT molecular complexity index is 282. The van der Waals surface area contributed by atoms with E-state index in [1.54, 1.807) is 6.07 Å². The first-order valence-corrected chi connectivity index (χ1v) is 4.02. The van der Waals surface area contributed by atoms with Crippen LogP contribution in [0, 0.1) is 0 Å². The highest BCUT2D eigenvalue weighted by Gasteiger charge is 2.22. The predicted molar refractivity (Wildman–Crippen MR) is 46.9 cm³/mol. The zero-order valence-corrected chi connectivity index (χ0v) is 7.96. The molecule has 1 aromatic heterocycles. The molecule has 1 rings (SSSR count). The van der Waals surface area contributed by atoms with Gasteiger partial charge in [-0.15, -0.1) is 0 Å². The fraction of sp³-hybridized carbons (Fsp3) is 0.444. The van der Waals surface area contributed by atoms with Gasteiger partial charge in [-0.05, 0) is 6.07 Å². The molecule has 0 aliphatic carbocycles. The molecule has 3 nitrogen and oxygen atoms in total. The second-order valence-corrected chi connectivity index (χ2v) is 2.90. The topological polar surface area (TPSA) is 31.4 Å². The molecule has 1 aromatic rings. The Kier molecular flexibility index (Phi) is 3.22. The van der Waals surface area contributed by atoms with E-state index in [0.717, 1.165) is 6.92 Å². The lowest BCUT2D eigenvalue weighted by atomic mass is 10.4. The fourth-order valence-corrected chi connectivity index (χ4v) is 0.774. The van der Waals surface area contributed by atoms with Crippen LogP contribution in [0.15, 0.2) is 18.3 Å². The summed E-state index contributed by atoms with van der Waals surface area (Å²) in [6.45, 7) is 0.114. The first kappa shape index (κ1) is 10.7. The van der Waals surface area contributed by atoms with Gasteiger partial charge in [-0.25, -0.2) is 13.8 Å². The zero-order chi connectivity index (χ0) is 10.6. The van der Waals surface area contributed by atoms with Crippen molar-refractivity contribution in [2.24, 2.45) is 0 Å². The minimum absolute atomic E-state index is 0.160. The number of nitrogens with zero attached hydrogens (tertiary/aromatic N) is 1. The van der Waals surface area contributed by atoms with E-state index < -0.39 is 12.5 Å². The largest absolute Gasteiger partial charge is 0.495 e. The van der Waals surface area contributed by atoms with Crippen LogP contribution < -0.4 is 9.47 Å². The summed E-state index contributed by atoms with van der Waals surface area (Å²) in [5, 5.41) is 0. The van der Waals surface area contributed by atoms with Crippen molar-refractivity contribution in [3.63, 3.8) is 0 Å². The lowest BCUT2D eigenvalue weighted by molar-refractivity contribution is -0.0242. The molecule has 0 atom stereocenters. The molecule has 1 heterocycles. The molecule has 0 fully saturated rings. The van der Waals surface area contributed by atoms with Crippen molar-refractivity contribution in [3.05, 3.63) is 18.3 Å². The van der Waals surface area contributed by atoms with Crippen LogP contribution in [0.5, 0.6) is 11.6 Å². The van der Waals surface area contributed by atoms with Crippen molar-refractivity contribution in [2.45, 2.75) is 12.8 Å². The highest BCUT2D eigenvalue weighted by Crippen LogP contribution is 2.16. The monoisotopic (exact) mass is 203 g/mol. The molecule has 5 heteroatoms. The van der Waals surface area contributed by atoms with Crippen LogP contribution in [0.4, 0.5) is 8.78 Å². The standard InChI is InChI=1S/C9H11F2NO2/c1-9(10,11)6-14-8-4-3-7(13-2)5-12-8/h3-5H,6H2,1-2H3. The molecule has 78 valence electrons. The van der Waals surface area contributed by atoms with Crippen molar-refractivity contribution >= 4 is 0 Å². The third-order valence-corrected chi connectivity index (χ3v) is 1.42. The summed E-state index contributed by atoms with van der Waals surface area (Å²) >= 11 is 0. The molecule has 0 bridgehead atoms. The van der Waals surface area contributed by atoms with E-state index >= 15 is 0 Å². The summed E-state index contributed by atoms with van der Waals surface area (Å²) < 4.78 is 34.4. The average Bonchev–Trinajstić information content (AvgIpc) is 2.14. The summed E-state index contributed by atoms with van der Waals surface area (Å²) in [6.07, 6.45) is 1.41. The lowest BCUT2D eigenvalue weighted by Crippen LogP contribution is -2.21. The smallest absolute Gasteiger partial charge is 0.278 e. The summed E-state index contributed by atoms with van der Waals surface area (Å²) in [5.41, 5.74) is 0. The van der Waals surface area contributed by atoms with Crippen molar-refractivity contribution in [1.29, 1.82) is 0 Å². The molecule has 0 aromatic carbocycles. The van der Waals surface area contributed by atoms with Gasteiger partial charge < -0.3 is 9.47 Å². The summed E-state index contributed by atoms with van der Waals surface area (Å²) in [4.78, 5) is 3.77. The number of hydrogen-bond donors (Lipinski definition) is 0. The molecule has 0 radical (unpaired) electrons. The van der Waals surface area contributed by atoms with Gasteiger partial charge in [0.25, 0.3) is 5.92 Å². The Balaban J connectivity index is 2.52. The molecular weight excluding hydrogens is 192 g/mol. The quantitative estimate of drug-likeness (QED) is 0.751. The van der Waals surface area contributed by atoms with Gasteiger partial charge in [0.15, 0.2) is 6.61 Å². The van der Waals surface area contributed by atoms with Crippen LogP contribution in [0.25, 0.3) is 0 Å². The van der Waals surface area contributed by atoms with Gasteiger partial charge in [-0.3, -0.25) is 0 Å². The van der Waals surface area contributed by atoms with Gasteiger partial charge in [0.05, 0.1) is 13.3 Å². The summed E-state index contributed by atoms with van der Waals surface area (Å²) in [5.74, 6) is -2.13. The van der Waals surface area contributed by atoms with Crippen molar-refractivity contribution in [3.8, 4) is 11.6 Å². The normalized spacial score (nSPS) is 11.1. The van der Waals surface area contributed by atoms with Gasteiger partial charge in [-0.1, -0.05) is 0 Å². The lowest BCUT2D eigenvalue weighted by Gasteiger charge is -2.11. The maximum atomic E-state index is 12.4. The number of halogens is 2. The molecule has 0 N–H and O–H groups in total. The van der Waals surface area contributed by atoms with Gasteiger partial charge in [0, 0.05) is 13.0 Å². The maximum absolute atomic E-state index is 12.4. The highest BCUT2D eigenvalue weighted by molar-refractivity contribution is 5.22. The molecule has 0 unspecified atom stereocenters. The number of ether oxygens (including phenoxy) is 2. The molecule has 14 heavy (non-hydrogen) atoms. The van der Waals surface area contributed by atoms with E-state index in [-0.39, 0.29) is 5.88 Å². The van der Waals surface area contributed by atoms with Crippen LogP contribution in [-0.2, 0) is 0 Å². The van der Waals surface area contributed by atoms with E-state index in [4.69, 9.17) is 9.47 Å². The SMILES string of the molecule is COc1ccc(OCC(C)(F)F)nc1. The Hall–Kier alpha value is -1.39. The second kappa shape index (κ2) is 4.21. The highest BCUT2D eigenvalue weighted by atomic mass is 19.3. The molecule has 0 aliphatic rings. The van der Waals surface area contributed by atoms with Gasteiger partial charge >= 0.3 is 0 Å².